The first-order chi connectivity index (χ1) is 14.5. The van der Waals surface area contributed by atoms with E-state index >= 15 is 0 Å². The lowest BCUT2D eigenvalue weighted by atomic mass is 9.97. The molecule has 6 nitrogen and oxygen atoms in total. The van der Waals surface area contributed by atoms with Crippen molar-refractivity contribution in [2.75, 3.05) is 21.3 Å². The fourth-order valence-corrected chi connectivity index (χ4v) is 4.31. The zero-order chi connectivity index (χ0) is 21.3. The Morgan fingerprint density at radius 3 is 2.30 bits per heavy atom. The third kappa shape index (κ3) is 3.55. The molecule has 7 heteroatoms. The molecule has 1 amide bonds. The van der Waals surface area contributed by atoms with E-state index in [9.17, 15) is 4.79 Å². The number of primary amides is 1. The Morgan fingerprint density at radius 2 is 1.60 bits per heavy atom. The van der Waals surface area contributed by atoms with Gasteiger partial charge in [-0.05, 0) is 59.7 Å². The van der Waals surface area contributed by atoms with Crippen molar-refractivity contribution >= 4 is 27.5 Å². The van der Waals surface area contributed by atoms with Crippen LogP contribution in [-0.2, 0) is 0 Å². The number of methoxy groups -OCH3 is 3. The summed E-state index contributed by atoms with van der Waals surface area (Å²) in [6, 6.07) is 16.7. The normalized spacial score (nSPS) is 10.8. The van der Waals surface area contributed by atoms with Crippen molar-refractivity contribution in [2.24, 2.45) is 5.73 Å². The Bertz CT molecular complexity index is 1250. The first-order valence-corrected chi connectivity index (χ1v) is 9.97. The van der Waals surface area contributed by atoms with E-state index in [1.54, 1.807) is 50.9 Å². The molecular weight excluding hydrogens is 400 g/mol. The molecule has 30 heavy (non-hydrogen) atoms. The number of benzene rings is 3. The number of rotatable bonds is 6. The molecule has 3 aromatic carbocycles. The monoisotopic (exact) mass is 420 g/mol. The average molecular weight is 420 g/mol. The fraction of sp³-hybridized carbons (Fsp3) is 0.130. The molecule has 2 N–H and O–H groups in total. The smallest absolute Gasteiger partial charge is 0.249 e. The van der Waals surface area contributed by atoms with E-state index in [-0.39, 0.29) is 0 Å². The summed E-state index contributed by atoms with van der Waals surface area (Å²) < 4.78 is 17.3. The molecule has 4 aromatic rings. The molecule has 0 aliphatic rings. The summed E-state index contributed by atoms with van der Waals surface area (Å²) >= 11 is 1.56. The predicted molar refractivity (Wildman–Crippen MR) is 119 cm³/mol. The number of ether oxygens (including phenoxy) is 3. The molecule has 0 saturated heterocycles. The first-order valence-electron chi connectivity index (χ1n) is 9.15. The molecule has 0 bridgehead atoms. The predicted octanol–water partition coefficient (Wildman–Crippen LogP) is 4.76. The van der Waals surface area contributed by atoms with Crippen LogP contribution in [0.3, 0.4) is 0 Å². The zero-order valence-electron chi connectivity index (χ0n) is 16.8. The number of nitrogens with two attached hydrogens (primary N) is 1. The van der Waals surface area contributed by atoms with Gasteiger partial charge >= 0.3 is 0 Å². The average Bonchev–Trinajstić information content (AvgIpc) is 3.21. The first kappa shape index (κ1) is 19.7. The summed E-state index contributed by atoms with van der Waals surface area (Å²) in [4.78, 5) is 16.7. The Balaban J connectivity index is 1.82. The molecule has 1 aromatic heterocycles. The molecule has 0 aliphatic heterocycles. The van der Waals surface area contributed by atoms with Gasteiger partial charge in [0, 0.05) is 5.56 Å². The molecule has 0 aliphatic carbocycles. The van der Waals surface area contributed by atoms with Crippen molar-refractivity contribution in [3.8, 4) is 38.9 Å². The number of carbonyl (C=O) groups is 1. The Hall–Kier alpha value is -3.58. The van der Waals surface area contributed by atoms with Crippen LogP contribution in [0.5, 0.6) is 17.2 Å². The van der Waals surface area contributed by atoms with E-state index in [4.69, 9.17) is 24.9 Å². The number of amides is 1. The van der Waals surface area contributed by atoms with E-state index < -0.39 is 5.91 Å². The third-order valence-corrected chi connectivity index (χ3v) is 5.88. The summed E-state index contributed by atoms with van der Waals surface area (Å²) in [6.45, 7) is 0. The molecule has 4 rings (SSSR count). The lowest BCUT2D eigenvalue weighted by molar-refractivity contribution is 0.100. The number of hydrogen-bond donors (Lipinski definition) is 1. The minimum absolute atomic E-state index is 0.415. The number of thiazole rings is 1. The second-order valence-electron chi connectivity index (χ2n) is 6.54. The minimum Gasteiger partial charge on any atom is -0.497 e. The van der Waals surface area contributed by atoms with Crippen LogP contribution in [0.25, 0.3) is 31.9 Å². The van der Waals surface area contributed by atoms with Crippen LogP contribution in [0.2, 0.25) is 0 Å². The molecule has 0 spiro atoms. The quantitative estimate of drug-likeness (QED) is 0.486. The highest BCUT2D eigenvalue weighted by Crippen LogP contribution is 2.39. The van der Waals surface area contributed by atoms with Gasteiger partial charge in [0.25, 0.3) is 0 Å². The van der Waals surface area contributed by atoms with E-state index in [2.05, 4.69) is 0 Å². The third-order valence-electron chi connectivity index (χ3n) is 4.83. The van der Waals surface area contributed by atoms with Crippen LogP contribution < -0.4 is 19.9 Å². The highest BCUT2D eigenvalue weighted by molar-refractivity contribution is 7.21. The van der Waals surface area contributed by atoms with Gasteiger partial charge in [0.05, 0.1) is 37.1 Å². The number of carbonyl (C=O) groups excluding carboxylic acids is 1. The maximum Gasteiger partial charge on any atom is 0.249 e. The van der Waals surface area contributed by atoms with Gasteiger partial charge < -0.3 is 19.9 Å². The topological polar surface area (TPSA) is 83.7 Å². The van der Waals surface area contributed by atoms with Gasteiger partial charge in [0.15, 0.2) is 0 Å². The lowest BCUT2D eigenvalue weighted by Gasteiger charge is -2.12. The second-order valence-corrected chi connectivity index (χ2v) is 7.57. The van der Waals surface area contributed by atoms with Gasteiger partial charge in [-0.1, -0.05) is 6.07 Å². The van der Waals surface area contributed by atoms with E-state index in [1.807, 2.05) is 36.4 Å². The van der Waals surface area contributed by atoms with Gasteiger partial charge in [-0.15, -0.1) is 11.3 Å². The number of aromatic nitrogens is 1. The summed E-state index contributed by atoms with van der Waals surface area (Å²) in [5.41, 5.74) is 9.23. The minimum atomic E-state index is -0.504. The molecule has 0 saturated carbocycles. The van der Waals surface area contributed by atoms with Crippen LogP contribution in [0.4, 0.5) is 0 Å². The van der Waals surface area contributed by atoms with Crippen molar-refractivity contribution in [3.05, 3.63) is 60.2 Å². The van der Waals surface area contributed by atoms with Crippen molar-refractivity contribution in [3.63, 3.8) is 0 Å². The van der Waals surface area contributed by atoms with E-state index in [0.717, 1.165) is 32.1 Å². The molecule has 0 unspecified atom stereocenters. The lowest BCUT2D eigenvalue weighted by Crippen LogP contribution is -2.12. The molecule has 0 atom stereocenters. The zero-order valence-corrected chi connectivity index (χ0v) is 17.6. The fourth-order valence-electron chi connectivity index (χ4n) is 3.29. The van der Waals surface area contributed by atoms with Crippen molar-refractivity contribution in [1.82, 2.24) is 4.98 Å². The highest BCUT2D eigenvalue weighted by Gasteiger charge is 2.16. The van der Waals surface area contributed by atoms with Gasteiger partial charge in [-0.25, -0.2) is 4.98 Å². The van der Waals surface area contributed by atoms with Crippen LogP contribution in [0, 0.1) is 0 Å². The van der Waals surface area contributed by atoms with Crippen molar-refractivity contribution in [1.29, 1.82) is 0 Å². The standard InChI is InChI=1S/C23H20N2O4S/c1-27-14-5-8-16(22(24)26)18(11-14)13-4-7-17(20(10-13)29-3)23-25-19-9-6-15(28-2)12-21(19)30-23/h4-12H,1-3H3,(H2,24,26). The summed E-state index contributed by atoms with van der Waals surface area (Å²) in [5, 5.41) is 0.836. The SMILES string of the molecule is COc1ccc(C(N)=O)c(-c2ccc(-c3nc4ccc(OC)cc4s3)c(OC)c2)c1. The second kappa shape index (κ2) is 8.04. The van der Waals surface area contributed by atoms with Gasteiger partial charge in [0.2, 0.25) is 5.91 Å². The molecule has 0 fully saturated rings. The summed E-state index contributed by atoms with van der Waals surface area (Å²) in [5.74, 6) is 1.57. The maximum atomic E-state index is 11.9. The molecule has 0 radical (unpaired) electrons. The van der Waals surface area contributed by atoms with Crippen molar-refractivity contribution in [2.45, 2.75) is 0 Å². The highest BCUT2D eigenvalue weighted by atomic mass is 32.1. The Kier molecular flexibility index (Phi) is 5.29. The van der Waals surface area contributed by atoms with E-state index in [1.165, 1.54) is 0 Å². The molecular formula is C23H20N2O4S. The van der Waals surface area contributed by atoms with E-state index in [0.29, 0.717) is 22.6 Å². The van der Waals surface area contributed by atoms with Gasteiger partial charge in [0.1, 0.15) is 22.3 Å². The van der Waals surface area contributed by atoms with Crippen LogP contribution >= 0.6 is 11.3 Å². The Morgan fingerprint density at radius 1 is 0.867 bits per heavy atom. The van der Waals surface area contributed by atoms with Crippen LogP contribution in [0.1, 0.15) is 10.4 Å². The Labute approximate surface area is 177 Å². The van der Waals surface area contributed by atoms with Crippen molar-refractivity contribution < 1.29 is 19.0 Å². The largest absolute Gasteiger partial charge is 0.497 e. The van der Waals surface area contributed by atoms with Gasteiger partial charge in [-0.2, -0.15) is 0 Å². The number of fused-ring (bicyclic) bond motifs is 1. The molecule has 1 heterocycles. The molecule has 152 valence electrons. The summed E-state index contributed by atoms with van der Waals surface area (Å²) in [6.07, 6.45) is 0. The van der Waals surface area contributed by atoms with Crippen LogP contribution in [0.15, 0.2) is 54.6 Å². The number of hydrogen-bond acceptors (Lipinski definition) is 6. The van der Waals surface area contributed by atoms with Crippen LogP contribution in [-0.4, -0.2) is 32.2 Å². The maximum absolute atomic E-state index is 11.9. The summed E-state index contributed by atoms with van der Waals surface area (Å²) in [7, 11) is 4.83. The van der Waals surface area contributed by atoms with Gasteiger partial charge in [-0.3, -0.25) is 4.79 Å². The number of nitrogens with zero attached hydrogens (tertiary/aromatic N) is 1.